The Kier molecular flexibility index (Phi) is 8.96. The summed E-state index contributed by atoms with van der Waals surface area (Å²) >= 11 is 4.55. The number of hydrogen-bond acceptors (Lipinski definition) is 6. The minimum atomic E-state index is -0.636. The van der Waals surface area contributed by atoms with Crippen LogP contribution < -0.4 is 4.74 Å². The molecule has 6 heteroatoms. The number of carbonyl (C=O) groups is 1. The van der Waals surface area contributed by atoms with Gasteiger partial charge in [0.2, 0.25) is 0 Å². The Labute approximate surface area is 188 Å². The Morgan fingerprint density at radius 3 is 2.45 bits per heavy atom. The first-order chi connectivity index (χ1) is 15.2. The van der Waals surface area contributed by atoms with E-state index in [9.17, 15) is 4.79 Å². The zero-order valence-corrected chi connectivity index (χ0v) is 18.3. The number of unbranched alkanes of at least 4 members (excludes halogenated alkanes) is 2. The highest BCUT2D eigenvalue weighted by molar-refractivity contribution is 7.78. The van der Waals surface area contributed by atoms with E-state index in [1.165, 1.54) is 19.3 Å². The van der Waals surface area contributed by atoms with Crippen LogP contribution in [0.1, 0.15) is 50.0 Å². The first kappa shape index (κ1) is 22.9. The monoisotopic (exact) mass is 435 g/mol. The zero-order chi connectivity index (χ0) is 21.9. The number of aliphatic imine (C=N–C) groups is 1. The maximum absolute atomic E-state index is 11.9. The summed E-state index contributed by atoms with van der Waals surface area (Å²) in [4.78, 5) is 15.8. The molecular formula is C25H25NO4S. The van der Waals surface area contributed by atoms with Crippen LogP contribution in [0.5, 0.6) is 5.75 Å². The molecule has 0 radical (unpaired) electrons. The van der Waals surface area contributed by atoms with Crippen LogP contribution >= 0.6 is 12.2 Å². The molecule has 0 N–H and O–H groups in total. The lowest BCUT2D eigenvalue weighted by molar-refractivity contribution is -0.206. The predicted octanol–water partition coefficient (Wildman–Crippen LogP) is 5.62. The number of esters is 1. The van der Waals surface area contributed by atoms with E-state index in [1.807, 2.05) is 24.3 Å². The van der Waals surface area contributed by atoms with Crippen LogP contribution in [-0.4, -0.2) is 24.3 Å². The number of isothiocyanates is 1. The molecule has 1 aliphatic rings. The maximum Gasteiger partial charge on any atom is 0.390 e. The van der Waals surface area contributed by atoms with Crippen molar-refractivity contribution >= 4 is 29.0 Å². The van der Waals surface area contributed by atoms with Crippen LogP contribution in [0, 0.1) is 17.8 Å². The van der Waals surface area contributed by atoms with Gasteiger partial charge in [-0.1, -0.05) is 44.2 Å². The lowest BCUT2D eigenvalue weighted by atomic mass is 10.0. The third kappa shape index (κ3) is 7.43. The van der Waals surface area contributed by atoms with Crippen LogP contribution in [0.3, 0.4) is 0 Å². The quantitative estimate of drug-likeness (QED) is 0.141. The highest BCUT2D eigenvalue weighted by Gasteiger charge is 2.23. The van der Waals surface area contributed by atoms with Crippen molar-refractivity contribution in [2.24, 2.45) is 10.9 Å². The Morgan fingerprint density at radius 1 is 1.10 bits per heavy atom. The van der Waals surface area contributed by atoms with E-state index in [0.29, 0.717) is 22.9 Å². The molecule has 5 nitrogen and oxygen atoms in total. The van der Waals surface area contributed by atoms with Crippen molar-refractivity contribution in [3.63, 3.8) is 0 Å². The van der Waals surface area contributed by atoms with Gasteiger partial charge >= 0.3 is 5.97 Å². The van der Waals surface area contributed by atoms with Gasteiger partial charge in [-0.25, -0.2) is 4.79 Å². The Hall–Kier alpha value is -2.81. The van der Waals surface area contributed by atoms with E-state index in [4.69, 9.17) is 14.2 Å². The fourth-order valence-electron chi connectivity index (χ4n) is 3.21. The summed E-state index contributed by atoms with van der Waals surface area (Å²) in [7, 11) is 0. The van der Waals surface area contributed by atoms with Crippen LogP contribution in [0.4, 0.5) is 5.69 Å². The van der Waals surface area contributed by atoms with Crippen molar-refractivity contribution in [3.8, 4) is 17.6 Å². The summed E-state index contributed by atoms with van der Waals surface area (Å²) in [5.74, 6) is 5.53. The number of rotatable bonds is 7. The molecule has 0 unspecified atom stereocenters. The topological polar surface area (TPSA) is 57.1 Å². The predicted molar refractivity (Wildman–Crippen MR) is 122 cm³/mol. The molecule has 0 aromatic heterocycles. The first-order valence-electron chi connectivity index (χ1n) is 10.4. The standard InChI is InChI=1S/C25H25NO4S/c1-2-3-4-5-20-16-28-25(29-17-20)21-9-6-19(7-10-21)8-15-24(27)30-23-13-11-22(12-14-23)26-18-31/h6-7,9-14,20,25H,2-5,16-17H2,1H3. The number of nitrogens with zero attached hydrogens (tertiary/aromatic N) is 1. The van der Waals surface area contributed by atoms with Crippen LogP contribution in [0.15, 0.2) is 53.5 Å². The number of ether oxygens (including phenoxy) is 3. The second-order valence-electron chi connectivity index (χ2n) is 7.32. The molecule has 31 heavy (non-hydrogen) atoms. The minimum absolute atomic E-state index is 0.347. The van der Waals surface area contributed by atoms with Crippen molar-refractivity contribution in [2.75, 3.05) is 13.2 Å². The fourth-order valence-corrected chi connectivity index (χ4v) is 3.31. The molecule has 160 valence electrons. The molecule has 3 rings (SSSR count). The smallest absolute Gasteiger partial charge is 0.390 e. The summed E-state index contributed by atoms with van der Waals surface area (Å²) in [6.45, 7) is 3.65. The molecule has 0 bridgehead atoms. The second-order valence-corrected chi connectivity index (χ2v) is 7.50. The summed E-state index contributed by atoms with van der Waals surface area (Å²) in [5, 5.41) is 2.28. The van der Waals surface area contributed by atoms with Gasteiger partial charge in [0, 0.05) is 23.0 Å². The molecule has 1 aliphatic heterocycles. The normalized spacial score (nSPS) is 17.7. The Balaban J connectivity index is 1.49. The van der Waals surface area contributed by atoms with E-state index in [2.05, 4.69) is 41.1 Å². The number of thiocarbonyl (C=S) groups is 1. The van der Waals surface area contributed by atoms with E-state index < -0.39 is 5.97 Å². The molecular weight excluding hydrogens is 410 g/mol. The van der Waals surface area contributed by atoms with Crippen molar-refractivity contribution in [2.45, 2.75) is 38.9 Å². The largest absolute Gasteiger partial charge is 0.417 e. The average molecular weight is 436 g/mol. The summed E-state index contributed by atoms with van der Waals surface area (Å²) in [6, 6.07) is 14.1. The van der Waals surface area contributed by atoms with Crippen LogP contribution in [0.2, 0.25) is 0 Å². The SMILES string of the molecule is CCCCCC1COC(c2ccc(C#CC(=O)Oc3ccc(N=C=S)cc3)cc2)OC1. The lowest BCUT2D eigenvalue weighted by Gasteiger charge is -2.29. The highest BCUT2D eigenvalue weighted by Crippen LogP contribution is 2.27. The van der Waals surface area contributed by atoms with Gasteiger partial charge in [0.15, 0.2) is 6.29 Å². The van der Waals surface area contributed by atoms with E-state index in [0.717, 1.165) is 25.2 Å². The Bertz CT molecular complexity index is 961. The van der Waals surface area contributed by atoms with Gasteiger partial charge in [-0.05, 0) is 55.0 Å². The van der Waals surface area contributed by atoms with Gasteiger partial charge in [0.1, 0.15) is 5.75 Å². The molecule has 0 atom stereocenters. The van der Waals surface area contributed by atoms with Crippen molar-refractivity contribution < 1.29 is 19.0 Å². The highest BCUT2D eigenvalue weighted by atomic mass is 32.1. The van der Waals surface area contributed by atoms with E-state index >= 15 is 0 Å². The minimum Gasteiger partial charge on any atom is -0.417 e. The van der Waals surface area contributed by atoms with Gasteiger partial charge in [-0.15, -0.1) is 0 Å². The summed E-state index contributed by atoms with van der Waals surface area (Å²) in [5.41, 5.74) is 2.29. The van der Waals surface area contributed by atoms with E-state index in [-0.39, 0.29) is 6.29 Å². The molecule has 2 aromatic carbocycles. The van der Waals surface area contributed by atoms with Crippen molar-refractivity contribution in [3.05, 3.63) is 59.7 Å². The molecule has 1 saturated heterocycles. The van der Waals surface area contributed by atoms with Crippen molar-refractivity contribution in [1.82, 2.24) is 0 Å². The molecule has 1 fully saturated rings. The molecule has 0 amide bonds. The van der Waals surface area contributed by atoms with Gasteiger partial charge in [-0.2, -0.15) is 4.99 Å². The van der Waals surface area contributed by atoms with Gasteiger partial charge in [-0.3, -0.25) is 0 Å². The number of benzene rings is 2. The third-order valence-electron chi connectivity index (χ3n) is 4.90. The lowest BCUT2D eigenvalue weighted by Crippen LogP contribution is -2.27. The molecule has 2 aromatic rings. The number of hydrogen-bond donors (Lipinski definition) is 0. The van der Waals surface area contributed by atoms with E-state index in [1.54, 1.807) is 24.3 Å². The maximum atomic E-state index is 11.9. The fraction of sp³-hybridized carbons (Fsp3) is 0.360. The number of carbonyl (C=O) groups excluding carboxylic acids is 1. The Morgan fingerprint density at radius 2 is 1.81 bits per heavy atom. The van der Waals surface area contributed by atoms with Crippen LogP contribution in [0.25, 0.3) is 0 Å². The zero-order valence-electron chi connectivity index (χ0n) is 17.5. The summed E-state index contributed by atoms with van der Waals surface area (Å²) in [6.07, 6.45) is 4.51. The molecule has 0 spiro atoms. The average Bonchev–Trinajstić information content (AvgIpc) is 2.80. The third-order valence-corrected chi connectivity index (χ3v) is 4.99. The molecule has 1 heterocycles. The summed E-state index contributed by atoms with van der Waals surface area (Å²) < 4.78 is 17.0. The molecule has 0 saturated carbocycles. The molecule has 0 aliphatic carbocycles. The second kappa shape index (κ2) is 12.1. The van der Waals surface area contributed by atoms with Crippen molar-refractivity contribution in [1.29, 1.82) is 0 Å². The van der Waals surface area contributed by atoms with Gasteiger partial charge in [0.25, 0.3) is 0 Å². The van der Waals surface area contributed by atoms with Gasteiger partial charge in [0.05, 0.1) is 24.1 Å². The van der Waals surface area contributed by atoms with Crippen LogP contribution in [-0.2, 0) is 14.3 Å². The first-order valence-corrected chi connectivity index (χ1v) is 10.8. The van der Waals surface area contributed by atoms with Gasteiger partial charge < -0.3 is 14.2 Å².